The Kier molecular flexibility index (Phi) is 4.40. The molecule has 1 aromatic rings. The lowest BCUT2D eigenvalue weighted by Gasteiger charge is -2.21. The molecule has 0 aromatic heterocycles. The lowest BCUT2D eigenvalue weighted by molar-refractivity contribution is -0.148. The summed E-state index contributed by atoms with van der Waals surface area (Å²) in [4.78, 5) is 10.8. The van der Waals surface area contributed by atoms with E-state index in [-0.39, 0.29) is 0 Å². The van der Waals surface area contributed by atoms with Gasteiger partial charge in [-0.15, -0.1) is 0 Å². The van der Waals surface area contributed by atoms with Crippen LogP contribution in [-0.2, 0) is 16.0 Å². The minimum absolute atomic E-state index is 0.581. The number of hydrogen-bond acceptors (Lipinski definition) is 2. The number of carbonyl (C=O) groups is 1. The van der Waals surface area contributed by atoms with Crippen molar-refractivity contribution in [1.82, 2.24) is 0 Å². The van der Waals surface area contributed by atoms with E-state index in [1.807, 2.05) is 24.3 Å². The Labute approximate surface area is 107 Å². The van der Waals surface area contributed by atoms with E-state index >= 15 is 0 Å². The monoisotopic (exact) mass is 246 g/mol. The molecule has 0 aliphatic carbocycles. The summed E-state index contributed by atoms with van der Waals surface area (Å²) in [6.07, 6.45) is 5.56. The Bertz CT molecular complexity index is 423. The van der Waals surface area contributed by atoms with E-state index in [2.05, 4.69) is 12.1 Å². The van der Waals surface area contributed by atoms with Crippen molar-refractivity contribution in [2.24, 2.45) is 0 Å². The summed E-state index contributed by atoms with van der Waals surface area (Å²) < 4.78 is 5.45. The van der Waals surface area contributed by atoms with Crippen LogP contribution in [0.1, 0.15) is 31.2 Å². The van der Waals surface area contributed by atoms with Gasteiger partial charge in [-0.3, -0.25) is 0 Å². The van der Waals surface area contributed by atoms with Gasteiger partial charge >= 0.3 is 5.97 Å². The Morgan fingerprint density at radius 3 is 2.78 bits per heavy atom. The highest BCUT2D eigenvalue weighted by Crippen LogP contribution is 2.21. The fraction of sp³-hybridized carbons (Fsp3) is 0.400. The number of carboxylic acid groups (broad SMARTS) is 1. The number of hydrogen-bond donors (Lipinski definition) is 1. The number of ether oxygens (including phenoxy) is 1. The molecule has 0 fully saturated rings. The molecule has 1 N–H and O–H groups in total. The van der Waals surface area contributed by atoms with Gasteiger partial charge in [0.25, 0.3) is 0 Å². The molecule has 3 heteroatoms. The lowest BCUT2D eigenvalue weighted by atomic mass is 10.1. The molecule has 1 aliphatic heterocycles. The average molecular weight is 246 g/mol. The first-order valence-electron chi connectivity index (χ1n) is 6.38. The normalized spacial score (nSPS) is 18.9. The van der Waals surface area contributed by atoms with E-state index in [1.54, 1.807) is 0 Å². The van der Waals surface area contributed by atoms with Gasteiger partial charge in [-0.25, -0.2) is 4.79 Å². The zero-order valence-electron chi connectivity index (χ0n) is 10.3. The van der Waals surface area contributed by atoms with Gasteiger partial charge < -0.3 is 9.84 Å². The van der Waals surface area contributed by atoms with Gasteiger partial charge in [0.1, 0.15) is 0 Å². The summed E-state index contributed by atoms with van der Waals surface area (Å²) in [7, 11) is 0. The SMILES string of the molecule is O=C(O)C1CCC=C(CCCc2ccccc2)O1. The molecule has 18 heavy (non-hydrogen) atoms. The summed E-state index contributed by atoms with van der Waals surface area (Å²) in [5.74, 6) is -0.0201. The highest BCUT2D eigenvalue weighted by molar-refractivity contribution is 5.72. The molecule has 0 bridgehead atoms. The van der Waals surface area contributed by atoms with Crippen molar-refractivity contribution in [2.75, 3.05) is 0 Å². The van der Waals surface area contributed by atoms with Crippen LogP contribution in [0.15, 0.2) is 42.2 Å². The van der Waals surface area contributed by atoms with Crippen molar-refractivity contribution in [3.05, 3.63) is 47.7 Å². The summed E-state index contributed by atoms with van der Waals surface area (Å²) in [5, 5.41) is 8.91. The van der Waals surface area contributed by atoms with Crippen LogP contribution < -0.4 is 0 Å². The maximum absolute atomic E-state index is 10.8. The quantitative estimate of drug-likeness (QED) is 0.868. The summed E-state index contributed by atoms with van der Waals surface area (Å²) in [6.45, 7) is 0. The van der Waals surface area contributed by atoms with E-state index in [1.165, 1.54) is 5.56 Å². The Balaban J connectivity index is 1.77. The van der Waals surface area contributed by atoms with Crippen LogP contribution in [0.3, 0.4) is 0 Å². The molecule has 96 valence electrons. The van der Waals surface area contributed by atoms with Crippen molar-refractivity contribution in [2.45, 2.75) is 38.2 Å². The van der Waals surface area contributed by atoms with E-state index in [4.69, 9.17) is 9.84 Å². The van der Waals surface area contributed by atoms with Crippen LogP contribution in [0, 0.1) is 0 Å². The van der Waals surface area contributed by atoms with E-state index < -0.39 is 12.1 Å². The second-order valence-corrected chi connectivity index (χ2v) is 4.53. The van der Waals surface area contributed by atoms with Crippen LogP contribution in [-0.4, -0.2) is 17.2 Å². The maximum Gasteiger partial charge on any atom is 0.344 e. The number of allylic oxidation sites excluding steroid dienone is 2. The topological polar surface area (TPSA) is 46.5 Å². The van der Waals surface area contributed by atoms with Gasteiger partial charge in [-0.05, 0) is 37.3 Å². The number of carboxylic acids is 1. The molecule has 1 aromatic carbocycles. The van der Waals surface area contributed by atoms with E-state index in [0.29, 0.717) is 6.42 Å². The summed E-state index contributed by atoms with van der Waals surface area (Å²) in [5.41, 5.74) is 1.31. The van der Waals surface area contributed by atoms with Gasteiger partial charge in [-0.2, -0.15) is 0 Å². The van der Waals surface area contributed by atoms with Crippen molar-refractivity contribution in [3.63, 3.8) is 0 Å². The van der Waals surface area contributed by atoms with Crippen LogP contribution in [0.25, 0.3) is 0 Å². The van der Waals surface area contributed by atoms with Crippen molar-refractivity contribution in [1.29, 1.82) is 0 Å². The standard InChI is InChI=1S/C15H18O3/c16-15(17)14-11-5-10-13(18-14)9-4-8-12-6-2-1-3-7-12/h1-3,6-7,10,14H,4-5,8-9,11H2,(H,16,17). The van der Waals surface area contributed by atoms with E-state index in [0.717, 1.165) is 31.4 Å². The van der Waals surface area contributed by atoms with E-state index in [9.17, 15) is 4.79 Å². The second kappa shape index (κ2) is 6.24. The lowest BCUT2D eigenvalue weighted by Crippen LogP contribution is -2.25. The molecule has 0 saturated heterocycles. The minimum Gasteiger partial charge on any atom is -0.483 e. The summed E-state index contributed by atoms with van der Waals surface area (Å²) in [6, 6.07) is 10.3. The second-order valence-electron chi connectivity index (χ2n) is 4.53. The first-order chi connectivity index (χ1) is 8.75. The third-order valence-corrected chi connectivity index (χ3v) is 3.10. The maximum atomic E-state index is 10.8. The predicted octanol–water partition coefficient (Wildman–Crippen LogP) is 3.16. The highest BCUT2D eigenvalue weighted by atomic mass is 16.5. The largest absolute Gasteiger partial charge is 0.483 e. The molecule has 0 saturated carbocycles. The Hall–Kier alpha value is -1.77. The molecule has 1 heterocycles. The number of rotatable bonds is 5. The van der Waals surface area contributed by atoms with Crippen molar-refractivity contribution >= 4 is 5.97 Å². The van der Waals surface area contributed by atoms with Crippen LogP contribution in [0.4, 0.5) is 0 Å². The Morgan fingerprint density at radius 1 is 1.28 bits per heavy atom. The minimum atomic E-state index is -0.858. The number of aliphatic carboxylic acids is 1. The first-order valence-corrected chi connectivity index (χ1v) is 6.38. The first kappa shape index (κ1) is 12.7. The molecular formula is C15H18O3. The summed E-state index contributed by atoms with van der Waals surface area (Å²) >= 11 is 0. The van der Waals surface area contributed by atoms with Crippen LogP contribution >= 0.6 is 0 Å². The van der Waals surface area contributed by atoms with Gasteiger partial charge in [-0.1, -0.05) is 30.3 Å². The molecule has 1 atom stereocenters. The predicted molar refractivity (Wildman–Crippen MR) is 69.2 cm³/mol. The molecule has 2 rings (SSSR count). The highest BCUT2D eigenvalue weighted by Gasteiger charge is 2.22. The molecule has 1 unspecified atom stereocenters. The number of aryl methyl sites for hydroxylation is 1. The average Bonchev–Trinajstić information content (AvgIpc) is 2.40. The fourth-order valence-electron chi connectivity index (χ4n) is 2.13. The molecular weight excluding hydrogens is 228 g/mol. The molecule has 0 radical (unpaired) electrons. The number of benzene rings is 1. The third-order valence-electron chi connectivity index (χ3n) is 3.10. The van der Waals surface area contributed by atoms with Gasteiger partial charge in [0, 0.05) is 6.42 Å². The van der Waals surface area contributed by atoms with Gasteiger partial charge in [0.2, 0.25) is 0 Å². The molecule has 0 spiro atoms. The molecule has 3 nitrogen and oxygen atoms in total. The fourth-order valence-corrected chi connectivity index (χ4v) is 2.13. The zero-order chi connectivity index (χ0) is 12.8. The molecule has 1 aliphatic rings. The van der Waals surface area contributed by atoms with Gasteiger partial charge in [0.05, 0.1) is 5.76 Å². The smallest absolute Gasteiger partial charge is 0.344 e. The van der Waals surface area contributed by atoms with Gasteiger partial charge in [0.15, 0.2) is 6.10 Å². The third kappa shape index (κ3) is 3.62. The Morgan fingerprint density at radius 2 is 2.06 bits per heavy atom. The van der Waals surface area contributed by atoms with Crippen molar-refractivity contribution < 1.29 is 14.6 Å². The molecule has 0 amide bonds. The zero-order valence-corrected chi connectivity index (χ0v) is 10.3. The van der Waals surface area contributed by atoms with Crippen LogP contribution in [0.5, 0.6) is 0 Å². The van der Waals surface area contributed by atoms with Crippen LogP contribution in [0.2, 0.25) is 0 Å². The van der Waals surface area contributed by atoms with Crippen molar-refractivity contribution in [3.8, 4) is 0 Å².